The first-order valence-electron chi connectivity index (χ1n) is 6.95. The number of ether oxygens (including phenoxy) is 2. The summed E-state index contributed by atoms with van der Waals surface area (Å²) in [4.78, 5) is 23.6. The molecule has 23 heavy (non-hydrogen) atoms. The van der Waals surface area contributed by atoms with Crippen molar-refractivity contribution in [3.8, 4) is 0 Å². The Morgan fingerprint density at radius 1 is 1.00 bits per heavy atom. The Hall–Kier alpha value is -2.09. The van der Waals surface area contributed by atoms with Gasteiger partial charge >= 0.3 is 11.9 Å². The number of carbonyl (C=O) groups excluding carboxylic acids is 2. The maximum atomic E-state index is 12.8. The maximum absolute atomic E-state index is 12.8. The van der Waals surface area contributed by atoms with Gasteiger partial charge in [0.15, 0.2) is 9.84 Å². The number of hydrogen-bond donors (Lipinski definition) is 1. The van der Waals surface area contributed by atoms with Gasteiger partial charge in [0.25, 0.3) is 5.25 Å². The Balaban J connectivity index is 3.26. The first kappa shape index (κ1) is 19.0. The lowest BCUT2D eigenvalue weighted by molar-refractivity contribution is -0.150. The summed E-state index contributed by atoms with van der Waals surface area (Å²) in [6, 6.07) is 8.65. The number of carbonyl (C=O) groups is 2. The molecule has 0 spiro atoms. The molecular weight excluding hydrogens is 322 g/mol. The third kappa shape index (κ3) is 4.44. The van der Waals surface area contributed by atoms with E-state index in [1.165, 1.54) is 0 Å². The summed E-state index contributed by atoms with van der Waals surface area (Å²) < 4.78 is 34.5. The van der Waals surface area contributed by atoms with Crippen molar-refractivity contribution in [1.82, 2.24) is 0 Å². The van der Waals surface area contributed by atoms with E-state index in [9.17, 15) is 18.0 Å². The number of para-hydroxylation sites is 1. The first-order chi connectivity index (χ1) is 10.8. The molecular formula is C15H21NO6S. The van der Waals surface area contributed by atoms with E-state index in [1.807, 2.05) is 0 Å². The van der Waals surface area contributed by atoms with Crippen molar-refractivity contribution >= 4 is 27.5 Å². The molecule has 0 radical (unpaired) electrons. The van der Waals surface area contributed by atoms with E-state index in [4.69, 9.17) is 0 Å². The standard InChI is InChI=1S/C15H21NO6S/c1-10(2)13(16-11-8-6-5-7-9-11)23(19,20)12(14(17)21-3)15(18)22-4/h5-10,12-13,16H,1-4H3. The van der Waals surface area contributed by atoms with E-state index in [0.29, 0.717) is 5.69 Å². The summed E-state index contributed by atoms with van der Waals surface area (Å²) in [5.74, 6) is -2.74. The Labute approximate surface area is 135 Å². The molecule has 1 aromatic rings. The summed E-state index contributed by atoms with van der Waals surface area (Å²) in [6.45, 7) is 3.34. The van der Waals surface area contributed by atoms with Gasteiger partial charge in [0.2, 0.25) is 0 Å². The van der Waals surface area contributed by atoms with E-state index in [1.54, 1.807) is 44.2 Å². The fraction of sp³-hybridized carbons (Fsp3) is 0.467. The fourth-order valence-corrected chi connectivity index (χ4v) is 4.13. The van der Waals surface area contributed by atoms with Gasteiger partial charge in [-0.25, -0.2) is 8.42 Å². The van der Waals surface area contributed by atoms with Gasteiger partial charge in [0, 0.05) is 5.69 Å². The van der Waals surface area contributed by atoms with Crippen molar-refractivity contribution < 1.29 is 27.5 Å². The normalized spacial score (nSPS) is 12.8. The minimum Gasteiger partial charge on any atom is -0.468 e. The molecule has 128 valence electrons. The van der Waals surface area contributed by atoms with E-state index < -0.39 is 38.3 Å². The van der Waals surface area contributed by atoms with Crippen molar-refractivity contribution in [1.29, 1.82) is 0 Å². The summed E-state index contributed by atoms with van der Waals surface area (Å²) in [5.41, 5.74) is 0.559. The highest BCUT2D eigenvalue weighted by atomic mass is 32.2. The molecule has 1 N–H and O–H groups in total. The quantitative estimate of drug-likeness (QED) is 0.587. The highest BCUT2D eigenvalue weighted by Gasteiger charge is 2.47. The summed E-state index contributed by atoms with van der Waals surface area (Å²) >= 11 is 0. The molecule has 7 nitrogen and oxygen atoms in total. The number of benzene rings is 1. The highest BCUT2D eigenvalue weighted by Crippen LogP contribution is 2.22. The Bertz CT molecular complexity index is 625. The number of anilines is 1. The molecule has 0 amide bonds. The van der Waals surface area contributed by atoms with Gasteiger partial charge in [0.1, 0.15) is 5.37 Å². The van der Waals surface area contributed by atoms with Crippen LogP contribution in [0.5, 0.6) is 0 Å². The molecule has 0 fully saturated rings. The summed E-state index contributed by atoms with van der Waals surface area (Å²) in [7, 11) is -2.21. The minimum atomic E-state index is -4.24. The number of rotatable bonds is 7. The van der Waals surface area contributed by atoms with Gasteiger partial charge in [-0.2, -0.15) is 0 Å². The van der Waals surface area contributed by atoms with Crippen LogP contribution in [0.3, 0.4) is 0 Å². The van der Waals surface area contributed by atoms with Crippen molar-refractivity contribution in [2.45, 2.75) is 24.5 Å². The number of methoxy groups -OCH3 is 2. The highest BCUT2D eigenvalue weighted by molar-refractivity contribution is 7.94. The third-order valence-corrected chi connectivity index (χ3v) is 5.61. The van der Waals surface area contributed by atoms with Crippen LogP contribution in [0.15, 0.2) is 30.3 Å². The Morgan fingerprint density at radius 2 is 1.48 bits per heavy atom. The molecule has 1 aromatic carbocycles. The average Bonchev–Trinajstić information content (AvgIpc) is 2.52. The second-order valence-electron chi connectivity index (χ2n) is 5.19. The molecule has 0 aromatic heterocycles. The van der Waals surface area contributed by atoms with E-state index in [2.05, 4.69) is 14.8 Å². The van der Waals surface area contributed by atoms with Gasteiger partial charge in [0.05, 0.1) is 14.2 Å². The van der Waals surface area contributed by atoms with E-state index >= 15 is 0 Å². The SMILES string of the molecule is COC(=O)C(C(=O)OC)S(=O)(=O)C(Nc1ccccc1)C(C)C. The van der Waals surface area contributed by atoms with Crippen LogP contribution in [0, 0.1) is 5.92 Å². The number of nitrogens with one attached hydrogen (secondary N) is 1. The third-order valence-electron chi connectivity index (χ3n) is 3.20. The van der Waals surface area contributed by atoms with Crippen LogP contribution in [0.25, 0.3) is 0 Å². The lowest BCUT2D eigenvalue weighted by Crippen LogP contribution is -2.48. The second-order valence-corrected chi connectivity index (χ2v) is 7.35. The molecule has 0 bridgehead atoms. The topological polar surface area (TPSA) is 98.8 Å². The number of esters is 2. The van der Waals surface area contributed by atoms with Gasteiger partial charge in [-0.15, -0.1) is 0 Å². The first-order valence-corrected chi connectivity index (χ1v) is 8.56. The van der Waals surface area contributed by atoms with Gasteiger partial charge in [-0.1, -0.05) is 32.0 Å². The van der Waals surface area contributed by atoms with E-state index in [-0.39, 0.29) is 0 Å². The number of hydrogen-bond acceptors (Lipinski definition) is 7. The number of sulfone groups is 1. The van der Waals surface area contributed by atoms with E-state index in [0.717, 1.165) is 14.2 Å². The fourth-order valence-electron chi connectivity index (χ4n) is 2.05. The van der Waals surface area contributed by atoms with Crippen LogP contribution in [0.4, 0.5) is 5.69 Å². The van der Waals surface area contributed by atoms with Crippen molar-refractivity contribution in [3.05, 3.63) is 30.3 Å². The zero-order chi connectivity index (χ0) is 17.6. The monoisotopic (exact) mass is 343 g/mol. The second kappa shape index (κ2) is 7.96. The Morgan fingerprint density at radius 3 is 1.87 bits per heavy atom. The molecule has 1 unspecified atom stereocenters. The van der Waals surface area contributed by atoms with Crippen LogP contribution in [0.2, 0.25) is 0 Å². The van der Waals surface area contributed by atoms with Crippen molar-refractivity contribution in [3.63, 3.8) is 0 Å². The summed E-state index contributed by atoms with van der Waals surface area (Å²) in [6.07, 6.45) is 0. The lowest BCUT2D eigenvalue weighted by atomic mass is 10.2. The lowest BCUT2D eigenvalue weighted by Gasteiger charge is -2.26. The molecule has 1 rings (SSSR count). The zero-order valence-corrected chi connectivity index (χ0v) is 14.3. The van der Waals surface area contributed by atoms with Crippen LogP contribution >= 0.6 is 0 Å². The molecule has 0 saturated heterocycles. The molecule has 0 aliphatic heterocycles. The average molecular weight is 343 g/mol. The van der Waals surface area contributed by atoms with Crippen LogP contribution in [0.1, 0.15) is 13.8 Å². The molecule has 0 aliphatic rings. The van der Waals surface area contributed by atoms with Crippen LogP contribution in [-0.4, -0.2) is 45.2 Å². The largest absolute Gasteiger partial charge is 0.468 e. The van der Waals surface area contributed by atoms with Gasteiger partial charge in [-0.05, 0) is 18.1 Å². The zero-order valence-electron chi connectivity index (χ0n) is 13.5. The predicted octanol–water partition coefficient (Wildman–Crippen LogP) is 1.21. The van der Waals surface area contributed by atoms with Crippen molar-refractivity contribution in [2.75, 3.05) is 19.5 Å². The molecule has 8 heteroatoms. The predicted molar refractivity (Wildman–Crippen MR) is 85.4 cm³/mol. The van der Waals surface area contributed by atoms with Crippen LogP contribution < -0.4 is 5.32 Å². The molecule has 0 heterocycles. The molecule has 1 atom stereocenters. The molecule has 0 saturated carbocycles. The minimum absolute atomic E-state index is 0.406. The Kier molecular flexibility index (Phi) is 6.56. The molecule has 0 aliphatic carbocycles. The van der Waals surface area contributed by atoms with Gasteiger partial charge in [-0.3, -0.25) is 9.59 Å². The van der Waals surface area contributed by atoms with Crippen LogP contribution in [-0.2, 0) is 28.9 Å². The summed E-state index contributed by atoms with van der Waals surface area (Å²) in [5, 5.41) is -0.332. The van der Waals surface area contributed by atoms with Gasteiger partial charge < -0.3 is 14.8 Å². The smallest absolute Gasteiger partial charge is 0.335 e. The van der Waals surface area contributed by atoms with Crippen molar-refractivity contribution in [2.24, 2.45) is 5.92 Å². The maximum Gasteiger partial charge on any atom is 0.335 e.